The number of aliphatic hydroxyl groups excluding tert-OH is 2. The van der Waals surface area contributed by atoms with Gasteiger partial charge in [0.05, 0.1) is 0 Å². The van der Waals surface area contributed by atoms with Crippen LogP contribution in [0.15, 0.2) is 0 Å². The van der Waals surface area contributed by atoms with Gasteiger partial charge in [0, 0.05) is 0 Å². The Morgan fingerprint density at radius 2 is 1.44 bits per heavy atom. The molecule has 5 heteroatoms. The van der Waals surface area contributed by atoms with E-state index in [0.29, 0.717) is 0 Å². The summed E-state index contributed by atoms with van der Waals surface area (Å²) in [5.74, 6) is 0. The molecule has 4 nitrogen and oxygen atoms in total. The quantitative estimate of drug-likeness (QED) is 0.472. The third kappa shape index (κ3) is 1.18. The number of aliphatic hydroxyl groups is 2. The van der Waals surface area contributed by atoms with E-state index in [1.54, 1.807) is 0 Å². The van der Waals surface area contributed by atoms with E-state index < -0.39 is 42.4 Å². The number of carbonyl (C=O) groups excluding carboxylic acids is 2. The Morgan fingerprint density at radius 3 is 1.56 bits per heavy atom. The standard InChI is InChI=1S/C4H4O4.Bi.H/c5-1-3(7)4(8)2-6;;/h3-4,7-8H;;. The minimum absolute atomic E-state index is 0.396. The molecule has 0 spiro atoms. The first-order valence-electron chi connectivity index (χ1n) is 2.34. The molecular formula is C4H5BiO4. The molecule has 0 amide bonds. The van der Waals surface area contributed by atoms with Gasteiger partial charge in [0.2, 0.25) is 0 Å². The van der Waals surface area contributed by atoms with E-state index >= 15 is 0 Å². The molecule has 9 heavy (non-hydrogen) atoms. The molecule has 2 unspecified atom stereocenters. The van der Waals surface area contributed by atoms with Gasteiger partial charge < -0.3 is 0 Å². The fourth-order valence-corrected chi connectivity index (χ4v) is 3.88. The predicted octanol–water partition coefficient (Wildman–Crippen LogP) is -2.79. The summed E-state index contributed by atoms with van der Waals surface area (Å²) in [5, 5.41) is 17.3. The topological polar surface area (TPSA) is 74.6 Å². The van der Waals surface area contributed by atoms with Crippen molar-refractivity contribution >= 4 is 30.2 Å². The zero-order chi connectivity index (χ0) is 7.02. The van der Waals surface area contributed by atoms with Crippen LogP contribution in [-0.2, 0) is 9.59 Å². The van der Waals surface area contributed by atoms with Gasteiger partial charge in [-0.3, -0.25) is 0 Å². The van der Waals surface area contributed by atoms with Gasteiger partial charge in [-0.05, 0) is 0 Å². The van der Waals surface area contributed by atoms with E-state index in [0.717, 1.165) is 0 Å². The number of rotatable bonds is 0. The zero-order valence-electron chi connectivity index (χ0n) is 4.37. The van der Waals surface area contributed by atoms with Crippen LogP contribution in [-0.4, -0.2) is 52.6 Å². The summed E-state index contributed by atoms with van der Waals surface area (Å²) in [4.78, 5) is 20.9. The third-order valence-electron chi connectivity index (χ3n) is 1.08. The van der Waals surface area contributed by atoms with Crippen molar-refractivity contribution in [2.45, 2.75) is 12.2 Å². The summed E-state index contributed by atoms with van der Waals surface area (Å²) < 4.78 is -0.792. The van der Waals surface area contributed by atoms with Crippen molar-refractivity contribution in [3.05, 3.63) is 0 Å². The van der Waals surface area contributed by atoms with Gasteiger partial charge in [0.15, 0.2) is 0 Å². The first-order valence-corrected chi connectivity index (χ1v) is 6.22. The Labute approximate surface area is 62.4 Å². The third-order valence-corrected chi connectivity index (χ3v) is 5.30. The second-order valence-corrected chi connectivity index (χ2v) is 6.55. The molecule has 1 fully saturated rings. The van der Waals surface area contributed by atoms with Crippen LogP contribution in [0.2, 0.25) is 0 Å². The Hall–Kier alpha value is 0.143. The molecule has 0 aromatic rings. The number of hydrogen-bond donors (Lipinski definition) is 2. The van der Waals surface area contributed by atoms with Gasteiger partial charge in [-0.25, -0.2) is 0 Å². The van der Waals surface area contributed by atoms with Crippen LogP contribution in [0.5, 0.6) is 0 Å². The molecule has 0 bridgehead atoms. The van der Waals surface area contributed by atoms with Crippen molar-refractivity contribution in [3.63, 3.8) is 0 Å². The van der Waals surface area contributed by atoms with Gasteiger partial charge in [0.1, 0.15) is 0 Å². The second kappa shape index (κ2) is 2.41. The van der Waals surface area contributed by atoms with Crippen LogP contribution in [0.3, 0.4) is 0 Å². The van der Waals surface area contributed by atoms with Crippen molar-refractivity contribution in [1.82, 2.24) is 0 Å². The van der Waals surface area contributed by atoms with Crippen molar-refractivity contribution in [2.24, 2.45) is 0 Å². The summed E-state index contributed by atoms with van der Waals surface area (Å²) >= 11 is -1.94. The van der Waals surface area contributed by atoms with E-state index in [2.05, 4.69) is 0 Å². The molecule has 1 saturated heterocycles. The maximum absolute atomic E-state index is 10.5. The summed E-state index contributed by atoms with van der Waals surface area (Å²) in [6.07, 6.45) is -2.78. The van der Waals surface area contributed by atoms with Gasteiger partial charge >= 0.3 is 62.2 Å². The zero-order valence-corrected chi connectivity index (χ0v) is 8.25. The molecule has 50 valence electrons. The average Bonchev–Trinajstić information content (AvgIpc) is 1.98. The van der Waals surface area contributed by atoms with Crippen molar-refractivity contribution in [1.29, 1.82) is 0 Å². The van der Waals surface area contributed by atoms with E-state index in [4.69, 9.17) is 10.2 Å². The molecule has 0 aromatic heterocycles. The van der Waals surface area contributed by atoms with Crippen molar-refractivity contribution < 1.29 is 19.8 Å². The summed E-state index contributed by atoms with van der Waals surface area (Å²) in [7, 11) is 0. The Bertz CT molecular complexity index is 148. The fraction of sp³-hybridized carbons (Fsp3) is 0.500. The molecule has 1 aliphatic heterocycles. The molecule has 0 aromatic carbocycles. The Balaban J connectivity index is 2.77. The van der Waals surface area contributed by atoms with E-state index in [1.807, 2.05) is 0 Å². The van der Waals surface area contributed by atoms with Crippen LogP contribution >= 0.6 is 0 Å². The molecule has 1 aliphatic rings. The molecule has 2 atom stereocenters. The molecule has 2 N–H and O–H groups in total. The van der Waals surface area contributed by atoms with Gasteiger partial charge in [-0.1, -0.05) is 0 Å². The maximum atomic E-state index is 10.5. The molecule has 0 aliphatic carbocycles. The minimum atomic E-state index is -1.94. The van der Waals surface area contributed by atoms with E-state index in [1.165, 1.54) is 0 Å². The van der Waals surface area contributed by atoms with Crippen LogP contribution in [0.1, 0.15) is 0 Å². The SMILES string of the molecule is O=[C]1[BiH][C](=O)C(O)C1O. The first kappa shape index (κ1) is 7.25. The molecule has 1 rings (SSSR count). The number of hydrogen-bond acceptors (Lipinski definition) is 4. The molecule has 0 saturated carbocycles. The van der Waals surface area contributed by atoms with Crippen LogP contribution in [0, 0.1) is 0 Å². The average molecular weight is 326 g/mol. The fourth-order valence-electron chi connectivity index (χ4n) is 0.556. The van der Waals surface area contributed by atoms with Gasteiger partial charge in [-0.15, -0.1) is 0 Å². The number of carbonyl (C=O) groups is 2. The molecular weight excluding hydrogens is 321 g/mol. The Morgan fingerprint density at radius 1 is 1.11 bits per heavy atom. The molecule has 1 heterocycles. The van der Waals surface area contributed by atoms with Gasteiger partial charge in [-0.2, -0.15) is 0 Å². The molecule has 0 radical (unpaired) electrons. The van der Waals surface area contributed by atoms with Crippen LogP contribution in [0.25, 0.3) is 0 Å². The normalized spacial score (nSPS) is 35.8. The van der Waals surface area contributed by atoms with Crippen LogP contribution in [0.4, 0.5) is 0 Å². The van der Waals surface area contributed by atoms with E-state index in [-0.39, 0.29) is 0 Å². The Kier molecular flexibility index (Phi) is 1.94. The van der Waals surface area contributed by atoms with Crippen molar-refractivity contribution in [2.75, 3.05) is 0 Å². The summed E-state index contributed by atoms with van der Waals surface area (Å²) in [6, 6.07) is 0. The summed E-state index contributed by atoms with van der Waals surface area (Å²) in [5.41, 5.74) is 0. The first-order chi connectivity index (χ1) is 4.13. The van der Waals surface area contributed by atoms with Crippen LogP contribution < -0.4 is 0 Å². The van der Waals surface area contributed by atoms with Gasteiger partial charge in [0.25, 0.3) is 0 Å². The summed E-state index contributed by atoms with van der Waals surface area (Å²) in [6.45, 7) is 0. The predicted molar refractivity (Wildman–Crippen MR) is 29.2 cm³/mol. The van der Waals surface area contributed by atoms with E-state index in [9.17, 15) is 9.59 Å². The monoisotopic (exact) mass is 326 g/mol. The second-order valence-electron chi connectivity index (χ2n) is 1.74. The van der Waals surface area contributed by atoms with Crippen molar-refractivity contribution in [3.8, 4) is 0 Å².